The molecule has 1 aliphatic carbocycles. The molecule has 39 heavy (non-hydrogen) atoms. The minimum Gasteiger partial charge on any atom is -0.478 e. The van der Waals surface area contributed by atoms with Gasteiger partial charge in [-0.2, -0.15) is 13.0 Å². The Balaban J connectivity index is 1.65. The van der Waals surface area contributed by atoms with Crippen LogP contribution in [-0.2, 0) is 15.5 Å². The number of rotatable bonds is 10. The van der Waals surface area contributed by atoms with Crippen molar-refractivity contribution in [3.63, 3.8) is 0 Å². The van der Waals surface area contributed by atoms with Crippen LogP contribution in [0, 0.1) is 5.92 Å². The van der Waals surface area contributed by atoms with E-state index in [0.717, 1.165) is 52.5 Å². The molecule has 0 fully saturated rings. The van der Waals surface area contributed by atoms with Gasteiger partial charge in [-0.3, -0.25) is 9.55 Å². The molecule has 0 amide bonds. The number of unbranched alkanes of at least 4 members (excludes halogenated alkanes) is 1. The number of aliphatic imine (C=N–C) groups is 1. The second-order valence-electron chi connectivity index (χ2n) is 10.5. The smallest absolute Gasteiger partial charge is 0.335 e. The summed E-state index contributed by atoms with van der Waals surface area (Å²) in [6.45, 7) is 4.64. The van der Waals surface area contributed by atoms with Crippen molar-refractivity contribution < 1.29 is 27.4 Å². The number of carboxylic acid groups (broad SMARTS) is 1. The molecule has 2 N–H and O–H groups in total. The number of hydrogen-bond acceptors (Lipinski definition) is 4. The summed E-state index contributed by atoms with van der Waals surface area (Å²) in [5, 5.41) is 10.3. The molecule has 9 heteroatoms. The fraction of sp³-hybridized carbons (Fsp3) is 0.367. The highest BCUT2D eigenvalue weighted by Gasteiger charge is 2.44. The van der Waals surface area contributed by atoms with Crippen LogP contribution in [-0.4, -0.2) is 52.8 Å². The Bertz CT molecular complexity index is 1470. The van der Waals surface area contributed by atoms with Crippen LogP contribution in [0.4, 0.5) is 11.4 Å². The summed E-state index contributed by atoms with van der Waals surface area (Å²) in [4.78, 5) is 16.3. The second-order valence-corrected chi connectivity index (χ2v) is 12.5. The summed E-state index contributed by atoms with van der Waals surface area (Å²) < 4.78 is 33.6. The van der Waals surface area contributed by atoms with Gasteiger partial charge in [0.25, 0.3) is 10.1 Å². The predicted octanol–water partition coefficient (Wildman–Crippen LogP) is 6.68. The molecule has 2 aromatic carbocycles. The molecule has 7 nitrogen and oxygen atoms in total. The third-order valence-electron chi connectivity index (χ3n) is 7.37. The Hall–Kier alpha value is -3.07. The highest BCUT2D eigenvalue weighted by molar-refractivity contribution is 7.85. The molecule has 1 aliphatic heterocycles. The van der Waals surface area contributed by atoms with Crippen LogP contribution in [0.2, 0.25) is 0 Å². The van der Waals surface area contributed by atoms with E-state index in [1.165, 1.54) is 0 Å². The molecule has 1 atom stereocenters. The van der Waals surface area contributed by atoms with Crippen LogP contribution in [0.15, 0.2) is 76.3 Å². The minimum atomic E-state index is -4.03. The maximum Gasteiger partial charge on any atom is 0.335 e. The Morgan fingerprint density at radius 2 is 1.90 bits per heavy atom. The van der Waals surface area contributed by atoms with E-state index in [0.29, 0.717) is 19.4 Å². The summed E-state index contributed by atoms with van der Waals surface area (Å²) in [6, 6.07) is 14.9. The molecule has 0 aromatic heterocycles. The van der Waals surface area contributed by atoms with E-state index in [1.807, 2.05) is 42.6 Å². The summed E-state index contributed by atoms with van der Waals surface area (Å²) in [5.41, 5.74) is 4.43. The standard InChI is InChI=1S/C30H33ClN2O5S/c1-30(2)25-19-22(29(34)35)13-15-26(25)33(17-6-7-18-39(36,37)38)27(30)16-14-21-9-8-10-23(28(21)31)20-32-24-11-4-3-5-12-24/h3-5,11-16,19-20,23H,6-10,17-18H2,1-2H3,(H-,34,35,36,37,38)/p+1. The lowest BCUT2D eigenvalue weighted by molar-refractivity contribution is -0.438. The summed E-state index contributed by atoms with van der Waals surface area (Å²) in [6.07, 6.45) is 9.64. The summed E-state index contributed by atoms with van der Waals surface area (Å²) in [7, 11) is -4.03. The van der Waals surface area contributed by atoms with Crippen LogP contribution in [0.3, 0.4) is 0 Å². The van der Waals surface area contributed by atoms with Gasteiger partial charge in [-0.05, 0) is 69.4 Å². The van der Waals surface area contributed by atoms with Gasteiger partial charge in [-0.15, -0.1) is 0 Å². The van der Waals surface area contributed by atoms with Crippen molar-refractivity contribution in [2.45, 2.75) is 51.4 Å². The maximum atomic E-state index is 11.7. The highest BCUT2D eigenvalue weighted by Crippen LogP contribution is 2.41. The number of para-hydroxylation sites is 1. The molecule has 0 saturated carbocycles. The van der Waals surface area contributed by atoms with Crippen LogP contribution >= 0.6 is 11.6 Å². The van der Waals surface area contributed by atoms with Crippen molar-refractivity contribution in [1.29, 1.82) is 0 Å². The molecule has 0 radical (unpaired) electrons. The molecule has 2 aliphatic rings. The first-order chi connectivity index (χ1) is 18.5. The van der Waals surface area contributed by atoms with E-state index in [2.05, 4.69) is 35.6 Å². The van der Waals surface area contributed by atoms with Crippen LogP contribution in [0.25, 0.3) is 0 Å². The van der Waals surface area contributed by atoms with Crippen molar-refractivity contribution >= 4 is 51.0 Å². The number of hydrogen-bond donors (Lipinski definition) is 2. The number of aromatic carboxylic acids is 1. The summed E-state index contributed by atoms with van der Waals surface area (Å²) in [5.74, 6) is -1.25. The lowest BCUT2D eigenvalue weighted by Crippen LogP contribution is -2.28. The molecule has 1 unspecified atom stereocenters. The number of allylic oxidation sites excluding steroid dienone is 4. The molecule has 206 valence electrons. The SMILES string of the molecule is CC1(C)C(C=CC2=C(Cl)C(C=Nc3ccccc3)CCC2)=[N+](CCCCS(=O)(=O)O)c2ccc(C(=O)O)cc21. The van der Waals surface area contributed by atoms with Gasteiger partial charge in [0, 0.05) is 41.3 Å². The van der Waals surface area contributed by atoms with Crippen LogP contribution in [0.1, 0.15) is 61.9 Å². The Kier molecular flexibility index (Phi) is 8.89. The number of halogens is 1. The Morgan fingerprint density at radius 3 is 2.59 bits per heavy atom. The number of fused-ring (bicyclic) bond motifs is 1. The Labute approximate surface area is 235 Å². The van der Waals surface area contributed by atoms with Crippen molar-refractivity contribution in [3.8, 4) is 0 Å². The number of carbonyl (C=O) groups is 1. The molecule has 1 heterocycles. The van der Waals surface area contributed by atoms with E-state index in [1.54, 1.807) is 12.1 Å². The fourth-order valence-corrected chi connectivity index (χ4v) is 6.16. The normalized spacial score (nSPS) is 19.3. The van der Waals surface area contributed by atoms with Gasteiger partial charge in [0.05, 0.1) is 22.4 Å². The lowest BCUT2D eigenvalue weighted by atomic mass is 9.80. The van der Waals surface area contributed by atoms with Gasteiger partial charge in [-0.1, -0.05) is 35.9 Å². The van der Waals surface area contributed by atoms with E-state index < -0.39 is 21.5 Å². The number of benzene rings is 2. The molecule has 0 spiro atoms. The zero-order valence-corrected chi connectivity index (χ0v) is 23.8. The third-order valence-corrected chi connectivity index (χ3v) is 8.70. The van der Waals surface area contributed by atoms with Gasteiger partial charge >= 0.3 is 5.97 Å². The first-order valence-electron chi connectivity index (χ1n) is 13.1. The fourth-order valence-electron chi connectivity index (χ4n) is 5.27. The van der Waals surface area contributed by atoms with Crippen molar-refractivity contribution in [3.05, 3.63) is 82.4 Å². The monoisotopic (exact) mass is 569 g/mol. The van der Waals surface area contributed by atoms with Gasteiger partial charge in [0.2, 0.25) is 5.69 Å². The third kappa shape index (κ3) is 6.93. The highest BCUT2D eigenvalue weighted by atomic mass is 35.5. The van der Waals surface area contributed by atoms with Gasteiger partial charge in [0.15, 0.2) is 5.71 Å². The van der Waals surface area contributed by atoms with Crippen molar-refractivity contribution in [1.82, 2.24) is 0 Å². The van der Waals surface area contributed by atoms with E-state index in [9.17, 15) is 18.3 Å². The topological polar surface area (TPSA) is 107 Å². The number of nitrogens with zero attached hydrogens (tertiary/aromatic N) is 2. The molecular formula is C30H34ClN2O5S+. The van der Waals surface area contributed by atoms with Crippen molar-refractivity contribution in [2.75, 3.05) is 12.3 Å². The molecule has 0 saturated heterocycles. The minimum absolute atomic E-state index is 0.0358. The first kappa shape index (κ1) is 28.9. The van der Waals surface area contributed by atoms with Crippen LogP contribution in [0.5, 0.6) is 0 Å². The average molecular weight is 570 g/mol. The largest absolute Gasteiger partial charge is 0.478 e. The maximum absolute atomic E-state index is 11.7. The zero-order chi connectivity index (χ0) is 28.2. The van der Waals surface area contributed by atoms with Gasteiger partial charge < -0.3 is 5.11 Å². The summed E-state index contributed by atoms with van der Waals surface area (Å²) >= 11 is 6.87. The second kappa shape index (κ2) is 12.0. The first-order valence-corrected chi connectivity index (χ1v) is 15.1. The van der Waals surface area contributed by atoms with Crippen LogP contribution < -0.4 is 0 Å². The average Bonchev–Trinajstić information content (AvgIpc) is 3.10. The Morgan fingerprint density at radius 1 is 1.15 bits per heavy atom. The molecule has 0 bridgehead atoms. The molecular weight excluding hydrogens is 536 g/mol. The van der Waals surface area contributed by atoms with Gasteiger partial charge in [0.1, 0.15) is 6.54 Å². The molecule has 2 aromatic rings. The molecule has 4 rings (SSSR count). The van der Waals surface area contributed by atoms with Gasteiger partial charge in [-0.25, -0.2) is 4.79 Å². The van der Waals surface area contributed by atoms with E-state index in [-0.39, 0.29) is 17.2 Å². The quantitative estimate of drug-likeness (QED) is 0.144. The predicted molar refractivity (Wildman–Crippen MR) is 156 cm³/mol. The number of carboxylic acids is 1. The lowest BCUT2D eigenvalue weighted by Gasteiger charge is -2.21. The van der Waals surface area contributed by atoms with E-state index in [4.69, 9.17) is 16.2 Å². The van der Waals surface area contributed by atoms with E-state index >= 15 is 0 Å². The zero-order valence-electron chi connectivity index (χ0n) is 22.2. The van der Waals surface area contributed by atoms with Crippen molar-refractivity contribution in [2.24, 2.45) is 10.9 Å².